The van der Waals surface area contributed by atoms with Gasteiger partial charge in [0.2, 0.25) is 11.8 Å². The summed E-state index contributed by atoms with van der Waals surface area (Å²) in [6, 6.07) is 26.2. The molecule has 1 N–H and O–H groups in total. The number of likely N-dealkylation sites (tertiary alicyclic amines) is 1. The third-order valence-electron chi connectivity index (χ3n) is 10.6. The van der Waals surface area contributed by atoms with Crippen molar-refractivity contribution >= 4 is 29.0 Å². The van der Waals surface area contributed by atoms with Crippen LogP contribution in [0.25, 0.3) is 5.57 Å². The van der Waals surface area contributed by atoms with Crippen LogP contribution in [0.15, 0.2) is 103 Å². The number of hydrogen-bond donors (Lipinski definition) is 1. The number of aliphatic hydroxyl groups excluding tert-OH is 1. The van der Waals surface area contributed by atoms with E-state index in [0.717, 1.165) is 11.1 Å². The van der Waals surface area contributed by atoms with Crippen LogP contribution in [0.4, 0.5) is 0 Å². The Hall–Kier alpha value is -4.62. The summed E-state index contributed by atoms with van der Waals surface area (Å²) in [6.45, 7) is 5.46. The Morgan fingerprint density at radius 2 is 1.51 bits per heavy atom. The number of ketones is 2. The van der Waals surface area contributed by atoms with E-state index in [-0.39, 0.29) is 43.0 Å². The highest BCUT2D eigenvalue weighted by atomic mass is 16.5. The number of benzene rings is 3. The number of aliphatic hydroxyl groups is 1. The molecule has 2 amide bonds. The van der Waals surface area contributed by atoms with Crippen LogP contribution >= 0.6 is 0 Å². The summed E-state index contributed by atoms with van der Waals surface area (Å²) in [6.07, 6.45) is 4.20. The Labute approximate surface area is 274 Å². The Kier molecular flexibility index (Phi) is 7.63. The molecule has 0 aromatic heterocycles. The average Bonchev–Trinajstić information content (AvgIpc) is 3.35. The molecule has 240 valence electrons. The molecule has 3 aromatic rings. The molecule has 3 aliphatic carbocycles. The zero-order chi connectivity index (χ0) is 33.1. The highest BCUT2D eigenvalue weighted by Crippen LogP contribution is 2.64. The number of imide groups is 1. The van der Waals surface area contributed by atoms with E-state index in [2.05, 4.69) is 6.08 Å². The number of hydrogen-bond acceptors (Lipinski definition) is 6. The van der Waals surface area contributed by atoms with Crippen molar-refractivity contribution in [3.8, 4) is 5.75 Å². The number of carbonyl (C=O) groups is 4. The minimum Gasteiger partial charge on any atom is -0.491 e. The minimum absolute atomic E-state index is 0.0527. The number of para-hydroxylation sites is 1. The van der Waals surface area contributed by atoms with E-state index in [4.69, 9.17) is 4.74 Å². The standard InChI is InChI=1S/C40H39NO6/c1-39(2,3)41-37(45)28-19-18-26-30(34(28)38(41)46)22-31-36(44)29(24-12-6-4-7-13-24)23-33(43)40(31,25-14-8-5-9-15-25)35(26)27-16-10-11-17-32(27)47-21-20-42/h4-18,23,28,30-31,34-35,42H,19-22H2,1-3H3/t28-,30+,31-,34-,35+,40-/m0/s1. The van der Waals surface area contributed by atoms with Gasteiger partial charge in [-0.05, 0) is 62.8 Å². The molecule has 7 nitrogen and oxygen atoms in total. The van der Waals surface area contributed by atoms with Crippen molar-refractivity contribution in [2.45, 2.75) is 50.5 Å². The lowest BCUT2D eigenvalue weighted by Crippen LogP contribution is -2.59. The van der Waals surface area contributed by atoms with Crippen LogP contribution in [0.1, 0.15) is 56.2 Å². The molecule has 0 spiro atoms. The van der Waals surface area contributed by atoms with E-state index in [1.54, 1.807) is 0 Å². The molecule has 2 fully saturated rings. The van der Waals surface area contributed by atoms with Crippen LogP contribution in [0.3, 0.4) is 0 Å². The fourth-order valence-corrected chi connectivity index (χ4v) is 8.89. The number of Topliss-reactive ketones (excluding diaryl/α,β-unsaturated/α-hetero) is 1. The number of nitrogens with zero attached hydrogens (tertiary/aromatic N) is 1. The minimum atomic E-state index is -1.33. The van der Waals surface area contributed by atoms with Crippen LogP contribution in [-0.4, -0.2) is 52.1 Å². The topological polar surface area (TPSA) is 101 Å². The fourth-order valence-electron chi connectivity index (χ4n) is 8.89. The van der Waals surface area contributed by atoms with Crippen LogP contribution in [0, 0.1) is 23.7 Å². The highest BCUT2D eigenvalue weighted by molar-refractivity contribution is 6.31. The molecule has 6 atom stereocenters. The van der Waals surface area contributed by atoms with Gasteiger partial charge in [-0.3, -0.25) is 24.1 Å². The molecule has 4 aliphatic rings. The van der Waals surface area contributed by atoms with Crippen LogP contribution in [0.5, 0.6) is 5.75 Å². The number of carbonyl (C=O) groups excluding carboxylic acids is 4. The maximum Gasteiger partial charge on any atom is 0.234 e. The molecule has 7 heteroatoms. The number of allylic oxidation sites excluding steroid dienone is 4. The lowest BCUT2D eigenvalue weighted by Gasteiger charge is -2.55. The molecular weight excluding hydrogens is 590 g/mol. The first-order valence-corrected chi connectivity index (χ1v) is 16.4. The first kappa shape index (κ1) is 31.0. The largest absolute Gasteiger partial charge is 0.491 e. The molecule has 1 saturated heterocycles. The van der Waals surface area contributed by atoms with Gasteiger partial charge in [0.1, 0.15) is 12.4 Å². The van der Waals surface area contributed by atoms with E-state index >= 15 is 4.79 Å². The number of rotatable bonds is 6. The molecule has 0 bridgehead atoms. The number of amides is 2. The van der Waals surface area contributed by atoms with E-state index in [9.17, 15) is 19.5 Å². The van der Waals surface area contributed by atoms with Gasteiger partial charge in [-0.2, -0.15) is 0 Å². The third-order valence-corrected chi connectivity index (χ3v) is 10.6. The van der Waals surface area contributed by atoms with Gasteiger partial charge in [-0.15, -0.1) is 0 Å². The lowest BCUT2D eigenvalue weighted by atomic mass is 9.44. The van der Waals surface area contributed by atoms with Crippen molar-refractivity contribution in [2.24, 2.45) is 23.7 Å². The van der Waals surface area contributed by atoms with Crippen LogP contribution in [-0.2, 0) is 24.6 Å². The second-order valence-electron chi connectivity index (χ2n) is 14.1. The Morgan fingerprint density at radius 3 is 2.19 bits per heavy atom. The van der Waals surface area contributed by atoms with Crippen molar-refractivity contribution in [3.63, 3.8) is 0 Å². The summed E-state index contributed by atoms with van der Waals surface area (Å²) in [5.74, 6) is -3.31. The van der Waals surface area contributed by atoms with Gasteiger partial charge in [0.15, 0.2) is 11.6 Å². The monoisotopic (exact) mass is 629 g/mol. The molecular formula is C40H39NO6. The molecule has 1 saturated carbocycles. The summed E-state index contributed by atoms with van der Waals surface area (Å²) in [7, 11) is 0. The molecule has 3 aromatic carbocycles. The molecule has 1 aliphatic heterocycles. The lowest BCUT2D eigenvalue weighted by molar-refractivity contribution is -0.145. The van der Waals surface area contributed by atoms with Crippen LogP contribution < -0.4 is 4.74 Å². The molecule has 0 radical (unpaired) electrons. The van der Waals surface area contributed by atoms with Gasteiger partial charge >= 0.3 is 0 Å². The summed E-state index contributed by atoms with van der Waals surface area (Å²) in [4.78, 5) is 59.6. The predicted octanol–water partition coefficient (Wildman–Crippen LogP) is 5.68. The molecule has 1 heterocycles. The summed E-state index contributed by atoms with van der Waals surface area (Å²) >= 11 is 0. The Balaban J connectivity index is 1.51. The van der Waals surface area contributed by atoms with Gasteiger partial charge < -0.3 is 9.84 Å². The smallest absolute Gasteiger partial charge is 0.234 e. The van der Waals surface area contributed by atoms with Gasteiger partial charge in [-0.25, -0.2) is 0 Å². The molecule has 7 rings (SSSR count). The van der Waals surface area contributed by atoms with Gasteiger partial charge in [0.05, 0.1) is 23.9 Å². The van der Waals surface area contributed by atoms with E-state index in [0.29, 0.717) is 28.9 Å². The Morgan fingerprint density at radius 1 is 0.851 bits per heavy atom. The highest BCUT2D eigenvalue weighted by Gasteiger charge is 2.66. The number of fused-ring (bicyclic) bond motifs is 4. The maximum absolute atomic E-state index is 15.1. The van der Waals surface area contributed by atoms with Crippen LogP contribution in [0.2, 0.25) is 0 Å². The third kappa shape index (κ3) is 4.66. The average molecular weight is 630 g/mol. The van der Waals surface area contributed by atoms with Gasteiger partial charge in [0, 0.05) is 28.5 Å². The van der Waals surface area contributed by atoms with Gasteiger partial charge in [-0.1, -0.05) is 90.5 Å². The maximum atomic E-state index is 15.1. The van der Waals surface area contributed by atoms with E-state index < -0.39 is 40.5 Å². The normalized spacial score (nSPS) is 28.7. The second-order valence-corrected chi connectivity index (χ2v) is 14.1. The SMILES string of the molecule is CC(C)(C)N1C(=O)[C@H]2[C@H](CC=C3[C@H]2C[C@H]2C(=O)C(c4ccccc4)=CC(=O)[C@@]2(c2ccccc2)[C@H]3c2ccccc2OCCO)C1=O. The van der Waals surface area contributed by atoms with Crippen molar-refractivity contribution < 1.29 is 29.0 Å². The summed E-state index contributed by atoms with van der Waals surface area (Å²) in [5.41, 5.74) is 1.33. The molecule has 0 unspecified atom stereocenters. The molecule has 47 heavy (non-hydrogen) atoms. The Bertz CT molecular complexity index is 1820. The first-order chi connectivity index (χ1) is 22.6. The summed E-state index contributed by atoms with van der Waals surface area (Å²) in [5, 5.41) is 9.68. The zero-order valence-electron chi connectivity index (χ0n) is 26.9. The van der Waals surface area contributed by atoms with E-state index in [1.807, 2.05) is 106 Å². The van der Waals surface area contributed by atoms with Crippen molar-refractivity contribution in [3.05, 3.63) is 119 Å². The van der Waals surface area contributed by atoms with E-state index in [1.165, 1.54) is 11.0 Å². The van der Waals surface area contributed by atoms with Crippen molar-refractivity contribution in [1.29, 1.82) is 0 Å². The second kappa shape index (κ2) is 11.6. The number of ether oxygens (including phenoxy) is 1. The first-order valence-electron chi connectivity index (χ1n) is 16.4. The van der Waals surface area contributed by atoms with Crippen molar-refractivity contribution in [1.82, 2.24) is 4.90 Å². The zero-order valence-corrected chi connectivity index (χ0v) is 26.9. The van der Waals surface area contributed by atoms with Gasteiger partial charge in [0.25, 0.3) is 0 Å². The van der Waals surface area contributed by atoms with Crippen molar-refractivity contribution in [2.75, 3.05) is 13.2 Å². The quantitative estimate of drug-likeness (QED) is 0.278. The summed E-state index contributed by atoms with van der Waals surface area (Å²) < 4.78 is 6.10. The predicted molar refractivity (Wildman–Crippen MR) is 177 cm³/mol. The fraction of sp³-hybridized carbons (Fsp3) is 0.350.